The molecule has 0 atom stereocenters. The molecule has 0 saturated carbocycles. The van der Waals surface area contributed by atoms with Crippen LogP contribution in [0.3, 0.4) is 0 Å². The van der Waals surface area contributed by atoms with Crippen molar-refractivity contribution in [1.29, 1.82) is 0 Å². The van der Waals surface area contributed by atoms with E-state index in [9.17, 15) is 4.79 Å². The number of aromatic nitrogens is 1. The zero-order valence-corrected chi connectivity index (χ0v) is 13.9. The van der Waals surface area contributed by atoms with E-state index in [0.29, 0.717) is 16.8 Å². The number of carbonyl (C=O) groups is 1. The SMILES string of the molecule is CCCc1cc(C(=O)N(C)C2CCN(C)CC2)cc(Cl)n1. The number of hydrogen-bond acceptors (Lipinski definition) is 3. The van der Waals surface area contributed by atoms with Crippen LogP contribution in [0.4, 0.5) is 0 Å². The molecule has 0 N–H and O–H groups in total. The Labute approximate surface area is 132 Å². The first-order chi connectivity index (χ1) is 10.0. The molecule has 1 aromatic heterocycles. The molecule has 1 aliphatic rings. The fraction of sp³-hybridized carbons (Fsp3) is 0.625. The molecule has 0 bridgehead atoms. The highest BCUT2D eigenvalue weighted by atomic mass is 35.5. The molecule has 0 spiro atoms. The number of pyridine rings is 1. The summed E-state index contributed by atoms with van der Waals surface area (Å²) in [6.45, 7) is 4.18. The quantitative estimate of drug-likeness (QED) is 0.803. The van der Waals surface area contributed by atoms with E-state index in [1.807, 2.05) is 18.0 Å². The minimum Gasteiger partial charge on any atom is -0.339 e. The van der Waals surface area contributed by atoms with Crippen LogP contribution >= 0.6 is 11.6 Å². The fourth-order valence-corrected chi connectivity index (χ4v) is 3.04. The van der Waals surface area contributed by atoms with Gasteiger partial charge in [-0.25, -0.2) is 4.98 Å². The number of piperidine rings is 1. The lowest BCUT2D eigenvalue weighted by molar-refractivity contribution is 0.0659. The van der Waals surface area contributed by atoms with Crippen LogP contribution in [0.1, 0.15) is 42.2 Å². The summed E-state index contributed by atoms with van der Waals surface area (Å²) in [5, 5.41) is 0.404. The molecular formula is C16H24ClN3O. The first-order valence-electron chi connectivity index (χ1n) is 7.63. The van der Waals surface area contributed by atoms with Gasteiger partial charge in [0.25, 0.3) is 5.91 Å². The second-order valence-corrected chi connectivity index (χ2v) is 6.26. The van der Waals surface area contributed by atoms with Crippen molar-refractivity contribution in [2.24, 2.45) is 0 Å². The lowest BCUT2D eigenvalue weighted by Crippen LogP contribution is -2.44. The molecule has 1 fully saturated rings. The van der Waals surface area contributed by atoms with Crippen molar-refractivity contribution in [3.8, 4) is 0 Å². The summed E-state index contributed by atoms with van der Waals surface area (Å²) >= 11 is 6.05. The lowest BCUT2D eigenvalue weighted by atomic mass is 10.0. The molecular weight excluding hydrogens is 286 g/mol. The zero-order chi connectivity index (χ0) is 15.4. The number of likely N-dealkylation sites (tertiary alicyclic amines) is 1. The Hall–Kier alpha value is -1.13. The van der Waals surface area contributed by atoms with Gasteiger partial charge in [-0.1, -0.05) is 24.9 Å². The van der Waals surface area contributed by atoms with E-state index in [1.54, 1.807) is 6.07 Å². The van der Waals surface area contributed by atoms with Gasteiger partial charge in [0, 0.05) is 24.3 Å². The largest absolute Gasteiger partial charge is 0.339 e. The van der Waals surface area contributed by atoms with Crippen LogP contribution in [-0.2, 0) is 6.42 Å². The summed E-state index contributed by atoms with van der Waals surface area (Å²) in [4.78, 5) is 21.1. The molecule has 0 radical (unpaired) electrons. The topological polar surface area (TPSA) is 36.4 Å². The lowest BCUT2D eigenvalue weighted by Gasteiger charge is -2.35. The number of hydrogen-bond donors (Lipinski definition) is 0. The van der Waals surface area contributed by atoms with Gasteiger partial charge in [0.05, 0.1) is 0 Å². The van der Waals surface area contributed by atoms with E-state index in [1.165, 1.54) is 0 Å². The summed E-state index contributed by atoms with van der Waals surface area (Å²) in [6.07, 6.45) is 3.89. The predicted octanol–water partition coefficient (Wildman–Crippen LogP) is 2.85. The highest BCUT2D eigenvalue weighted by Gasteiger charge is 2.25. The summed E-state index contributed by atoms with van der Waals surface area (Å²) in [5.41, 5.74) is 1.55. The summed E-state index contributed by atoms with van der Waals surface area (Å²) < 4.78 is 0. The highest BCUT2D eigenvalue weighted by molar-refractivity contribution is 6.29. The standard InChI is InChI=1S/C16H24ClN3O/c1-4-5-13-10-12(11-15(17)18-13)16(21)20(3)14-6-8-19(2)9-7-14/h10-11,14H,4-9H2,1-3H3. The maximum Gasteiger partial charge on any atom is 0.254 e. The van der Waals surface area contributed by atoms with Gasteiger partial charge in [0.15, 0.2) is 0 Å². The molecule has 0 aliphatic carbocycles. The fourth-order valence-electron chi connectivity index (χ4n) is 2.81. The Morgan fingerprint density at radius 3 is 2.71 bits per heavy atom. The van der Waals surface area contributed by atoms with Gasteiger partial charge in [-0.3, -0.25) is 4.79 Å². The van der Waals surface area contributed by atoms with Crippen LogP contribution in [0.2, 0.25) is 5.15 Å². The molecule has 1 aromatic rings. The van der Waals surface area contributed by atoms with Gasteiger partial charge in [0.2, 0.25) is 0 Å². The molecule has 5 heteroatoms. The Kier molecular flexibility index (Phi) is 5.59. The van der Waals surface area contributed by atoms with Crippen molar-refractivity contribution in [2.75, 3.05) is 27.2 Å². The van der Waals surface area contributed by atoms with Gasteiger partial charge in [-0.05, 0) is 51.5 Å². The van der Waals surface area contributed by atoms with E-state index >= 15 is 0 Å². The van der Waals surface area contributed by atoms with Gasteiger partial charge >= 0.3 is 0 Å². The third-order valence-corrected chi connectivity index (χ3v) is 4.35. The third kappa shape index (κ3) is 4.17. The van der Waals surface area contributed by atoms with E-state index < -0.39 is 0 Å². The Morgan fingerprint density at radius 1 is 1.43 bits per heavy atom. The van der Waals surface area contributed by atoms with Gasteiger partial charge in [0.1, 0.15) is 5.15 Å². The highest BCUT2D eigenvalue weighted by Crippen LogP contribution is 2.19. The van der Waals surface area contributed by atoms with Gasteiger partial charge < -0.3 is 9.80 Å². The van der Waals surface area contributed by atoms with Gasteiger partial charge in [-0.15, -0.1) is 0 Å². The molecule has 1 amide bonds. The second-order valence-electron chi connectivity index (χ2n) is 5.87. The van der Waals surface area contributed by atoms with Crippen molar-refractivity contribution >= 4 is 17.5 Å². The molecule has 116 valence electrons. The van der Waals surface area contributed by atoms with E-state index in [-0.39, 0.29) is 5.91 Å². The van der Waals surface area contributed by atoms with Crippen molar-refractivity contribution in [3.05, 3.63) is 28.5 Å². The molecule has 2 rings (SSSR count). The number of rotatable bonds is 4. The van der Waals surface area contributed by atoms with Crippen molar-refractivity contribution in [3.63, 3.8) is 0 Å². The number of nitrogens with zero attached hydrogens (tertiary/aromatic N) is 3. The van der Waals surface area contributed by atoms with Crippen LogP contribution in [-0.4, -0.2) is 53.9 Å². The minimum absolute atomic E-state index is 0.0474. The number of amides is 1. The number of carbonyl (C=O) groups excluding carboxylic acids is 1. The van der Waals surface area contributed by atoms with Gasteiger partial charge in [-0.2, -0.15) is 0 Å². The van der Waals surface area contributed by atoms with Crippen molar-refractivity contribution in [1.82, 2.24) is 14.8 Å². The van der Waals surface area contributed by atoms with Crippen LogP contribution in [0, 0.1) is 0 Å². The molecule has 0 unspecified atom stereocenters. The van der Waals surface area contributed by atoms with Crippen molar-refractivity contribution < 1.29 is 4.79 Å². The molecule has 21 heavy (non-hydrogen) atoms. The van der Waals surface area contributed by atoms with E-state index in [0.717, 1.165) is 44.5 Å². The summed E-state index contributed by atoms with van der Waals surface area (Å²) in [5.74, 6) is 0.0474. The first kappa shape index (κ1) is 16.2. The number of halogens is 1. The smallest absolute Gasteiger partial charge is 0.254 e. The van der Waals surface area contributed by atoms with E-state index in [4.69, 9.17) is 11.6 Å². The molecule has 1 aliphatic heterocycles. The van der Waals surface area contributed by atoms with E-state index in [2.05, 4.69) is 23.9 Å². The Morgan fingerprint density at radius 2 is 2.10 bits per heavy atom. The normalized spacial score (nSPS) is 17.0. The third-order valence-electron chi connectivity index (χ3n) is 4.16. The minimum atomic E-state index is 0.0474. The molecule has 0 aromatic carbocycles. The summed E-state index contributed by atoms with van der Waals surface area (Å²) in [7, 11) is 4.02. The summed E-state index contributed by atoms with van der Waals surface area (Å²) in [6, 6.07) is 3.87. The molecule has 2 heterocycles. The Bertz CT molecular complexity index is 498. The second kappa shape index (κ2) is 7.23. The van der Waals surface area contributed by atoms with Crippen LogP contribution in [0.15, 0.2) is 12.1 Å². The average molecular weight is 310 g/mol. The zero-order valence-electron chi connectivity index (χ0n) is 13.1. The maximum atomic E-state index is 12.7. The average Bonchev–Trinajstić information content (AvgIpc) is 2.46. The molecule has 4 nitrogen and oxygen atoms in total. The monoisotopic (exact) mass is 309 g/mol. The maximum absolute atomic E-state index is 12.7. The van der Waals surface area contributed by atoms with Crippen LogP contribution < -0.4 is 0 Å². The number of aryl methyl sites for hydroxylation is 1. The first-order valence-corrected chi connectivity index (χ1v) is 8.01. The van der Waals surface area contributed by atoms with Crippen LogP contribution in [0.5, 0.6) is 0 Å². The van der Waals surface area contributed by atoms with Crippen molar-refractivity contribution in [2.45, 2.75) is 38.6 Å². The Balaban J connectivity index is 2.11. The molecule has 1 saturated heterocycles. The predicted molar refractivity (Wildman–Crippen MR) is 85.9 cm³/mol. The van der Waals surface area contributed by atoms with Crippen LogP contribution in [0.25, 0.3) is 0 Å².